The van der Waals surface area contributed by atoms with Gasteiger partial charge in [-0.3, -0.25) is 0 Å². The van der Waals surface area contributed by atoms with Gasteiger partial charge in [0.05, 0.1) is 11.6 Å². The molecule has 0 radical (unpaired) electrons. The van der Waals surface area contributed by atoms with Gasteiger partial charge in [0.2, 0.25) is 0 Å². The van der Waals surface area contributed by atoms with Crippen molar-refractivity contribution in [1.82, 2.24) is 14.9 Å². The maximum atomic E-state index is 5.73. The number of halogens is 1. The van der Waals surface area contributed by atoms with Crippen LogP contribution < -0.4 is 0 Å². The molecule has 0 amide bonds. The Morgan fingerprint density at radius 3 is 2.64 bits per heavy atom. The minimum atomic E-state index is 0.457. The topological polar surface area (TPSA) is 29.0 Å². The van der Waals surface area contributed by atoms with Crippen LogP contribution in [0.1, 0.15) is 17.2 Å². The van der Waals surface area contributed by atoms with Gasteiger partial charge < -0.3 is 4.90 Å². The minimum Gasteiger partial charge on any atom is -0.309 e. The lowest BCUT2D eigenvalue weighted by molar-refractivity contribution is 0.409. The molecule has 3 nitrogen and oxygen atoms in total. The Labute approximate surface area is 90.1 Å². The molecule has 0 unspecified atom stereocenters. The summed E-state index contributed by atoms with van der Waals surface area (Å²) in [5.74, 6) is 1.34. The maximum Gasteiger partial charge on any atom is 0.130 e. The van der Waals surface area contributed by atoms with Crippen molar-refractivity contribution in [1.29, 1.82) is 0 Å². The Kier molecular flexibility index (Phi) is 4.29. The molecular formula is C10H16ClN3. The molecular weight excluding hydrogens is 198 g/mol. The van der Waals surface area contributed by atoms with Crippen LogP contribution in [0.2, 0.25) is 0 Å². The average Bonchev–Trinajstić information content (AvgIpc) is 2.14. The van der Waals surface area contributed by atoms with Crippen LogP contribution in [0.25, 0.3) is 0 Å². The number of nitrogens with zero attached hydrogens (tertiary/aromatic N) is 3. The van der Waals surface area contributed by atoms with Crippen LogP contribution in [-0.4, -0.2) is 35.5 Å². The first kappa shape index (κ1) is 11.4. The molecule has 14 heavy (non-hydrogen) atoms. The summed E-state index contributed by atoms with van der Waals surface area (Å²) in [5, 5.41) is 0. The van der Waals surface area contributed by atoms with E-state index in [-0.39, 0.29) is 0 Å². The molecule has 1 aromatic rings. The highest BCUT2D eigenvalue weighted by molar-refractivity contribution is 6.16. The van der Waals surface area contributed by atoms with Crippen molar-refractivity contribution in [2.24, 2.45) is 0 Å². The molecule has 1 heterocycles. The van der Waals surface area contributed by atoms with Crippen LogP contribution in [0.3, 0.4) is 0 Å². The second kappa shape index (κ2) is 5.27. The molecule has 1 rings (SSSR count). The van der Waals surface area contributed by atoms with Crippen LogP contribution in [0.4, 0.5) is 0 Å². The summed E-state index contributed by atoms with van der Waals surface area (Å²) in [4.78, 5) is 10.8. The molecule has 1 aromatic heterocycles. The van der Waals surface area contributed by atoms with Crippen molar-refractivity contribution in [3.05, 3.63) is 23.3 Å². The predicted octanol–water partition coefficient (Wildman–Crippen LogP) is 1.63. The summed E-state index contributed by atoms with van der Waals surface area (Å²) in [6.07, 6.45) is 0.874. The molecule has 0 spiro atoms. The highest BCUT2D eigenvalue weighted by Crippen LogP contribution is 2.04. The third kappa shape index (κ3) is 3.60. The normalized spacial score (nSPS) is 10.9. The smallest absolute Gasteiger partial charge is 0.130 e. The quantitative estimate of drug-likeness (QED) is 0.712. The van der Waals surface area contributed by atoms with Gasteiger partial charge in [0.1, 0.15) is 5.82 Å². The van der Waals surface area contributed by atoms with Gasteiger partial charge in [0.15, 0.2) is 0 Å². The van der Waals surface area contributed by atoms with Crippen molar-refractivity contribution >= 4 is 11.6 Å². The molecule has 0 fully saturated rings. The third-order valence-electron chi connectivity index (χ3n) is 1.87. The summed E-state index contributed by atoms with van der Waals surface area (Å²) >= 11 is 5.73. The molecule has 0 saturated heterocycles. The van der Waals surface area contributed by atoms with Gasteiger partial charge in [-0.15, -0.1) is 11.6 Å². The average molecular weight is 214 g/mol. The van der Waals surface area contributed by atoms with Crippen LogP contribution in [0.15, 0.2) is 6.07 Å². The SMILES string of the molecule is Cc1cc(CCl)nc(CCN(C)C)n1. The molecule has 78 valence electrons. The number of hydrogen-bond acceptors (Lipinski definition) is 3. The van der Waals surface area contributed by atoms with Crippen molar-refractivity contribution in [2.75, 3.05) is 20.6 Å². The molecule has 0 atom stereocenters. The Morgan fingerprint density at radius 1 is 1.36 bits per heavy atom. The first-order chi connectivity index (χ1) is 6.61. The number of aromatic nitrogens is 2. The minimum absolute atomic E-state index is 0.457. The lowest BCUT2D eigenvalue weighted by atomic mass is 10.3. The van der Waals surface area contributed by atoms with E-state index in [2.05, 4.69) is 14.9 Å². The van der Waals surface area contributed by atoms with E-state index in [1.54, 1.807) is 0 Å². The zero-order valence-electron chi connectivity index (χ0n) is 8.92. The van der Waals surface area contributed by atoms with Gasteiger partial charge in [-0.1, -0.05) is 0 Å². The maximum absolute atomic E-state index is 5.73. The van der Waals surface area contributed by atoms with Gasteiger partial charge in [-0.2, -0.15) is 0 Å². The molecule has 0 N–H and O–H groups in total. The lowest BCUT2D eigenvalue weighted by Crippen LogP contribution is -2.16. The first-order valence-electron chi connectivity index (χ1n) is 4.66. The zero-order chi connectivity index (χ0) is 10.6. The fourth-order valence-corrected chi connectivity index (χ4v) is 1.34. The molecule has 0 aliphatic rings. The monoisotopic (exact) mass is 213 g/mol. The standard InChI is InChI=1S/C10H16ClN3/c1-8-6-9(7-11)13-10(12-8)4-5-14(2)3/h6H,4-5,7H2,1-3H3. The zero-order valence-corrected chi connectivity index (χ0v) is 9.67. The Bertz CT molecular complexity index is 299. The summed E-state index contributed by atoms with van der Waals surface area (Å²) < 4.78 is 0. The lowest BCUT2D eigenvalue weighted by Gasteiger charge is -2.09. The largest absolute Gasteiger partial charge is 0.309 e. The van der Waals surface area contributed by atoms with E-state index in [9.17, 15) is 0 Å². The van der Waals surface area contributed by atoms with Crippen molar-refractivity contribution in [2.45, 2.75) is 19.2 Å². The van der Waals surface area contributed by atoms with Gasteiger partial charge in [0.25, 0.3) is 0 Å². The summed E-state index contributed by atoms with van der Waals surface area (Å²) in [6.45, 7) is 2.93. The van der Waals surface area contributed by atoms with E-state index in [0.717, 1.165) is 30.2 Å². The molecule has 0 aliphatic heterocycles. The van der Waals surface area contributed by atoms with Gasteiger partial charge in [-0.05, 0) is 27.1 Å². The summed E-state index contributed by atoms with van der Waals surface area (Å²) in [5.41, 5.74) is 1.90. The Hall–Kier alpha value is -0.670. The highest BCUT2D eigenvalue weighted by atomic mass is 35.5. The van der Waals surface area contributed by atoms with Crippen LogP contribution >= 0.6 is 11.6 Å². The Morgan fingerprint density at radius 2 is 2.07 bits per heavy atom. The Balaban J connectivity index is 2.71. The van der Waals surface area contributed by atoms with E-state index >= 15 is 0 Å². The molecule has 4 heteroatoms. The second-order valence-electron chi connectivity index (χ2n) is 3.60. The number of aryl methyl sites for hydroxylation is 1. The third-order valence-corrected chi connectivity index (χ3v) is 2.15. The molecule has 0 saturated carbocycles. The van der Waals surface area contributed by atoms with E-state index in [1.807, 2.05) is 27.1 Å². The number of rotatable bonds is 4. The van der Waals surface area contributed by atoms with E-state index < -0.39 is 0 Å². The molecule has 0 aliphatic carbocycles. The molecule has 0 aromatic carbocycles. The first-order valence-corrected chi connectivity index (χ1v) is 5.19. The van der Waals surface area contributed by atoms with Crippen molar-refractivity contribution in [3.8, 4) is 0 Å². The van der Waals surface area contributed by atoms with E-state index in [4.69, 9.17) is 11.6 Å². The van der Waals surface area contributed by atoms with Gasteiger partial charge >= 0.3 is 0 Å². The van der Waals surface area contributed by atoms with Gasteiger partial charge in [0, 0.05) is 18.7 Å². The van der Waals surface area contributed by atoms with E-state index in [0.29, 0.717) is 5.88 Å². The van der Waals surface area contributed by atoms with Crippen molar-refractivity contribution in [3.63, 3.8) is 0 Å². The van der Waals surface area contributed by atoms with Crippen molar-refractivity contribution < 1.29 is 0 Å². The van der Waals surface area contributed by atoms with Crippen LogP contribution in [0.5, 0.6) is 0 Å². The van der Waals surface area contributed by atoms with E-state index in [1.165, 1.54) is 0 Å². The number of hydrogen-bond donors (Lipinski definition) is 0. The fraction of sp³-hybridized carbons (Fsp3) is 0.600. The highest BCUT2D eigenvalue weighted by Gasteiger charge is 2.02. The predicted molar refractivity (Wildman–Crippen MR) is 58.6 cm³/mol. The number of alkyl halides is 1. The summed E-state index contributed by atoms with van der Waals surface area (Å²) in [6, 6.07) is 1.92. The summed E-state index contributed by atoms with van der Waals surface area (Å²) in [7, 11) is 4.08. The van der Waals surface area contributed by atoms with Crippen LogP contribution in [-0.2, 0) is 12.3 Å². The number of likely N-dealkylation sites (N-methyl/N-ethyl adjacent to an activating group) is 1. The molecule has 0 bridgehead atoms. The fourth-order valence-electron chi connectivity index (χ4n) is 1.20. The van der Waals surface area contributed by atoms with Crippen LogP contribution in [0, 0.1) is 6.92 Å². The van der Waals surface area contributed by atoms with Gasteiger partial charge in [-0.25, -0.2) is 9.97 Å². The second-order valence-corrected chi connectivity index (χ2v) is 3.87.